The molecule has 3 aromatic heterocycles. The minimum absolute atomic E-state index is 0.234. The van der Waals surface area contributed by atoms with Crippen LogP contribution >= 0.6 is 15.9 Å². The van der Waals surface area contributed by atoms with Gasteiger partial charge in [-0.2, -0.15) is 0 Å². The average molecular weight is 466 g/mol. The van der Waals surface area contributed by atoms with Gasteiger partial charge in [-0.05, 0) is 65.5 Å². The highest BCUT2D eigenvalue weighted by molar-refractivity contribution is 9.10. The SMILES string of the molecule is N=C(c1ccc(Br)c(N2CCC[C@@H](N)CC2)n1)c1cc(-c2cccnc2)ncc1N. The van der Waals surface area contributed by atoms with Gasteiger partial charge in [0.25, 0.3) is 0 Å². The molecule has 0 saturated carbocycles. The number of hydrogen-bond donors (Lipinski definition) is 3. The summed E-state index contributed by atoms with van der Waals surface area (Å²) in [5.41, 5.74) is 15.8. The van der Waals surface area contributed by atoms with Crippen molar-refractivity contribution < 1.29 is 0 Å². The fraction of sp³-hybridized carbons (Fsp3) is 0.273. The monoisotopic (exact) mass is 465 g/mol. The Morgan fingerprint density at radius 2 is 2.03 bits per heavy atom. The molecule has 0 aliphatic carbocycles. The van der Waals surface area contributed by atoms with Gasteiger partial charge in [-0.3, -0.25) is 15.4 Å². The quantitative estimate of drug-likeness (QED) is 0.506. The molecule has 0 spiro atoms. The van der Waals surface area contributed by atoms with E-state index in [0.29, 0.717) is 16.9 Å². The van der Waals surface area contributed by atoms with Crippen LogP contribution in [0.2, 0.25) is 0 Å². The molecule has 0 radical (unpaired) electrons. The number of rotatable bonds is 4. The lowest BCUT2D eigenvalue weighted by atomic mass is 10.0. The smallest absolute Gasteiger partial charge is 0.143 e. The van der Waals surface area contributed by atoms with Gasteiger partial charge in [0.1, 0.15) is 5.82 Å². The number of hydrogen-bond acceptors (Lipinski definition) is 7. The lowest BCUT2D eigenvalue weighted by molar-refractivity contribution is 0.601. The molecule has 5 N–H and O–H groups in total. The third-order valence-corrected chi connectivity index (χ3v) is 5.94. The highest BCUT2D eigenvalue weighted by Crippen LogP contribution is 2.28. The third kappa shape index (κ3) is 4.34. The number of nitrogens with one attached hydrogen (secondary N) is 1. The van der Waals surface area contributed by atoms with E-state index in [1.165, 1.54) is 0 Å². The summed E-state index contributed by atoms with van der Waals surface area (Å²) in [4.78, 5) is 15.6. The maximum absolute atomic E-state index is 8.79. The molecule has 8 heteroatoms. The normalized spacial score (nSPS) is 16.9. The van der Waals surface area contributed by atoms with Crippen LogP contribution in [0.5, 0.6) is 0 Å². The predicted molar refractivity (Wildman–Crippen MR) is 124 cm³/mol. The lowest BCUT2D eigenvalue weighted by Gasteiger charge is -2.23. The Labute approximate surface area is 184 Å². The molecule has 0 aromatic carbocycles. The standard InChI is InChI=1S/C22H24BrN7/c23-17-5-6-19(29-22(17)30-9-2-4-15(24)7-10-30)21(26)16-11-20(28-13-18(16)25)14-3-1-8-27-12-14/h1,3,5-6,8,11-13,15,26H,2,4,7,9-10,24-25H2/t15-/m1/s1. The van der Waals surface area contributed by atoms with E-state index in [1.807, 2.05) is 30.3 Å². The van der Waals surface area contributed by atoms with Gasteiger partial charge in [-0.1, -0.05) is 0 Å². The predicted octanol–water partition coefficient (Wildman–Crippen LogP) is 3.62. The fourth-order valence-corrected chi connectivity index (χ4v) is 4.09. The third-order valence-electron chi connectivity index (χ3n) is 5.32. The van der Waals surface area contributed by atoms with Crippen LogP contribution in [-0.4, -0.2) is 39.8 Å². The summed E-state index contributed by atoms with van der Waals surface area (Å²) in [6.07, 6.45) is 8.03. The van der Waals surface area contributed by atoms with Crippen molar-refractivity contribution in [3.63, 3.8) is 0 Å². The van der Waals surface area contributed by atoms with Gasteiger partial charge in [-0.15, -0.1) is 0 Å². The Bertz CT molecular complexity index is 1050. The minimum atomic E-state index is 0.234. The van der Waals surface area contributed by atoms with E-state index in [4.69, 9.17) is 21.9 Å². The average Bonchev–Trinajstić information content (AvgIpc) is 2.99. The molecule has 4 rings (SSSR count). The molecular weight excluding hydrogens is 442 g/mol. The Hall–Kier alpha value is -2.84. The van der Waals surface area contributed by atoms with Gasteiger partial charge in [0.2, 0.25) is 0 Å². The van der Waals surface area contributed by atoms with Crippen LogP contribution in [-0.2, 0) is 0 Å². The fourth-order valence-electron chi connectivity index (χ4n) is 3.62. The Morgan fingerprint density at radius 1 is 1.17 bits per heavy atom. The van der Waals surface area contributed by atoms with Crippen molar-refractivity contribution in [2.24, 2.45) is 5.73 Å². The summed E-state index contributed by atoms with van der Waals surface area (Å²) < 4.78 is 0.910. The maximum Gasteiger partial charge on any atom is 0.143 e. The molecule has 7 nitrogen and oxygen atoms in total. The van der Waals surface area contributed by atoms with E-state index in [0.717, 1.165) is 53.9 Å². The zero-order valence-corrected chi connectivity index (χ0v) is 18.1. The number of pyridine rings is 3. The second kappa shape index (κ2) is 8.89. The van der Waals surface area contributed by atoms with Crippen molar-refractivity contribution >= 4 is 33.1 Å². The Morgan fingerprint density at radius 3 is 2.83 bits per heavy atom. The maximum atomic E-state index is 8.79. The summed E-state index contributed by atoms with van der Waals surface area (Å²) in [5.74, 6) is 0.839. The van der Waals surface area contributed by atoms with E-state index in [2.05, 4.69) is 30.8 Å². The molecule has 0 unspecified atom stereocenters. The molecule has 0 bridgehead atoms. The molecule has 30 heavy (non-hydrogen) atoms. The molecule has 4 heterocycles. The topological polar surface area (TPSA) is 118 Å². The molecule has 1 fully saturated rings. The van der Waals surface area contributed by atoms with E-state index in [-0.39, 0.29) is 11.8 Å². The summed E-state index contributed by atoms with van der Waals surface area (Å²) >= 11 is 3.62. The first-order valence-corrected chi connectivity index (χ1v) is 10.7. The van der Waals surface area contributed by atoms with Crippen molar-refractivity contribution in [3.05, 3.63) is 64.7 Å². The van der Waals surface area contributed by atoms with Crippen molar-refractivity contribution in [3.8, 4) is 11.3 Å². The highest BCUT2D eigenvalue weighted by Gasteiger charge is 2.20. The van der Waals surface area contributed by atoms with E-state index < -0.39 is 0 Å². The molecule has 3 aromatic rings. The van der Waals surface area contributed by atoms with E-state index in [9.17, 15) is 0 Å². The summed E-state index contributed by atoms with van der Waals surface area (Å²) in [6.45, 7) is 1.75. The number of anilines is 2. The second-order valence-corrected chi connectivity index (χ2v) is 8.31. The van der Waals surface area contributed by atoms with Crippen molar-refractivity contribution in [1.82, 2.24) is 15.0 Å². The summed E-state index contributed by atoms with van der Waals surface area (Å²) in [7, 11) is 0. The number of nitrogen functional groups attached to an aromatic ring is 1. The zero-order chi connectivity index (χ0) is 21.1. The van der Waals surface area contributed by atoms with Gasteiger partial charge < -0.3 is 16.4 Å². The number of nitrogens with zero attached hydrogens (tertiary/aromatic N) is 4. The Kier molecular flexibility index (Phi) is 6.06. The number of halogens is 1. The highest BCUT2D eigenvalue weighted by atomic mass is 79.9. The largest absolute Gasteiger partial charge is 0.397 e. The van der Waals surface area contributed by atoms with E-state index in [1.54, 1.807) is 18.6 Å². The van der Waals surface area contributed by atoms with Crippen LogP contribution in [0.4, 0.5) is 11.5 Å². The molecule has 1 atom stereocenters. The molecular formula is C22H24BrN7. The molecule has 1 aliphatic heterocycles. The molecule has 1 aliphatic rings. The Balaban J connectivity index is 1.67. The number of aromatic nitrogens is 3. The van der Waals surface area contributed by atoms with Gasteiger partial charge in [0.15, 0.2) is 0 Å². The summed E-state index contributed by atoms with van der Waals surface area (Å²) in [6, 6.07) is 9.62. The van der Waals surface area contributed by atoms with Crippen molar-refractivity contribution in [1.29, 1.82) is 5.41 Å². The van der Waals surface area contributed by atoms with Gasteiger partial charge in [0.05, 0.1) is 33.5 Å². The zero-order valence-electron chi connectivity index (χ0n) is 16.6. The van der Waals surface area contributed by atoms with Crippen LogP contribution in [0, 0.1) is 5.41 Å². The molecule has 154 valence electrons. The van der Waals surface area contributed by atoms with Gasteiger partial charge in [-0.25, -0.2) is 4.98 Å². The first-order chi connectivity index (χ1) is 14.5. The van der Waals surface area contributed by atoms with Crippen LogP contribution in [0.25, 0.3) is 11.3 Å². The van der Waals surface area contributed by atoms with E-state index >= 15 is 0 Å². The van der Waals surface area contributed by atoms with Gasteiger partial charge in [0, 0.05) is 42.7 Å². The van der Waals surface area contributed by atoms with Crippen LogP contribution < -0.4 is 16.4 Å². The second-order valence-electron chi connectivity index (χ2n) is 7.45. The van der Waals surface area contributed by atoms with Crippen LogP contribution in [0.1, 0.15) is 30.5 Å². The lowest BCUT2D eigenvalue weighted by Crippen LogP contribution is -2.28. The summed E-state index contributed by atoms with van der Waals surface area (Å²) in [5, 5.41) is 8.79. The first-order valence-electron chi connectivity index (χ1n) is 9.95. The minimum Gasteiger partial charge on any atom is -0.397 e. The molecule has 1 saturated heterocycles. The van der Waals surface area contributed by atoms with Crippen LogP contribution in [0.15, 0.2) is 53.4 Å². The van der Waals surface area contributed by atoms with Crippen molar-refractivity contribution in [2.45, 2.75) is 25.3 Å². The molecule has 0 amide bonds. The number of nitrogens with two attached hydrogens (primary N) is 2. The van der Waals surface area contributed by atoms with Crippen molar-refractivity contribution in [2.75, 3.05) is 23.7 Å². The van der Waals surface area contributed by atoms with Gasteiger partial charge >= 0.3 is 0 Å². The first kappa shape index (κ1) is 20.4. The van der Waals surface area contributed by atoms with Crippen LogP contribution in [0.3, 0.4) is 0 Å².